The first-order valence-electron chi connectivity index (χ1n) is 8.54. The van der Waals surface area contributed by atoms with Gasteiger partial charge in [0.15, 0.2) is 15.1 Å². The largest absolute Gasteiger partial charge is 0.369 e. The number of nitrogens with two attached hydrogens (primary N) is 1. The Hall–Kier alpha value is -2.63. The van der Waals surface area contributed by atoms with Gasteiger partial charge in [-0.15, -0.1) is 11.3 Å². The van der Waals surface area contributed by atoms with Crippen molar-refractivity contribution >= 4 is 55.3 Å². The molecule has 5 N–H and O–H groups in total. The fraction of sp³-hybridized carbons (Fsp3) is 0.235. The summed E-state index contributed by atoms with van der Waals surface area (Å²) in [6.45, 7) is 4.15. The molecule has 0 saturated heterocycles. The van der Waals surface area contributed by atoms with Gasteiger partial charge in [-0.25, -0.2) is 10.4 Å². The first-order valence-corrected chi connectivity index (χ1v) is 11.3. The first-order chi connectivity index (χ1) is 13.6. The van der Waals surface area contributed by atoms with Crippen LogP contribution in [0.3, 0.4) is 0 Å². The average molecular weight is 452 g/mol. The molecular weight excluding hydrogens is 434 g/mol. The average Bonchev–Trinajstić information content (AvgIpc) is 3.23. The molecule has 0 atom stereocenters. The molecule has 12 heteroatoms. The standard InChI is InChI=1S/C17H18ClN7O2S2/c1-17(2)8-12(22-23-15(19)20)10-7-9(3-4-11(10)17)24-29(26,27)14-13(18)21-16-25(14)5-6-28-16/h3-7,24H,8H2,1-2H3,(H4,19,20,23)/b22-12-. The molecule has 0 saturated carbocycles. The number of hydrogen-bond donors (Lipinski definition) is 4. The van der Waals surface area contributed by atoms with E-state index in [1.165, 1.54) is 15.7 Å². The quantitative estimate of drug-likeness (QED) is 0.274. The van der Waals surface area contributed by atoms with Gasteiger partial charge in [0.25, 0.3) is 10.0 Å². The summed E-state index contributed by atoms with van der Waals surface area (Å²) < 4.78 is 30.0. The van der Waals surface area contributed by atoms with Crippen LogP contribution in [0.15, 0.2) is 39.9 Å². The van der Waals surface area contributed by atoms with Gasteiger partial charge in [-0.1, -0.05) is 31.5 Å². The van der Waals surface area contributed by atoms with Crippen LogP contribution in [-0.4, -0.2) is 29.5 Å². The lowest BCUT2D eigenvalue weighted by Crippen LogP contribution is -2.26. The summed E-state index contributed by atoms with van der Waals surface area (Å²) in [4.78, 5) is 4.58. The summed E-state index contributed by atoms with van der Waals surface area (Å²) in [6, 6.07) is 5.31. The van der Waals surface area contributed by atoms with E-state index in [2.05, 4.69) is 34.1 Å². The first kappa shape index (κ1) is 19.7. The Kier molecular flexibility index (Phi) is 4.56. The minimum absolute atomic E-state index is 0.0837. The van der Waals surface area contributed by atoms with Gasteiger partial charge in [-0.05, 0) is 23.1 Å². The molecule has 0 spiro atoms. The number of sulfonamides is 1. The van der Waals surface area contributed by atoms with Gasteiger partial charge in [0.2, 0.25) is 5.96 Å². The van der Waals surface area contributed by atoms with E-state index in [0.29, 0.717) is 22.8 Å². The fourth-order valence-corrected chi connectivity index (χ4v) is 5.96. The second-order valence-electron chi connectivity index (χ2n) is 7.27. The maximum atomic E-state index is 13.0. The number of guanidine groups is 1. The Morgan fingerprint density at radius 3 is 2.93 bits per heavy atom. The zero-order valence-corrected chi connectivity index (χ0v) is 17.9. The lowest BCUT2D eigenvalue weighted by atomic mass is 9.86. The molecule has 0 bridgehead atoms. The third kappa shape index (κ3) is 3.45. The van der Waals surface area contributed by atoms with Crippen LogP contribution >= 0.6 is 22.9 Å². The number of nitrogens with one attached hydrogen (secondary N) is 3. The maximum absolute atomic E-state index is 13.0. The van der Waals surface area contributed by atoms with Crippen LogP contribution in [0.4, 0.5) is 5.69 Å². The number of thiazole rings is 1. The summed E-state index contributed by atoms with van der Waals surface area (Å²) >= 11 is 7.38. The zero-order chi connectivity index (χ0) is 21.0. The highest BCUT2D eigenvalue weighted by Gasteiger charge is 2.35. The van der Waals surface area contributed by atoms with Gasteiger partial charge in [0.05, 0.1) is 5.71 Å². The highest BCUT2D eigenvalue weighted by molar-refractivity contribution is 7.92. The number of halogens is 1. The molecule has 0 radical (unpaired) electrons. The second-order valence-corrected chi connectivity index (χ2v) is 10.1. The van der Waals surface area contributed by atoms with Crippen LogP contribution in [0.5, 0.6) is 0 Å². The Balaban J connectivity index is 1.73. The predicted molar refractivity (Wildman–Crippen MR) is 115 cm³/mol. The molecular formula is C17H18ClN7O2S2. The lowest BCUT2D eigenvalue weighted by molar-refractivity contribution is 0.567. The highest BCUT2D eigenvalue weighted by Crippen LogP contribution is 2.40. The third-order valence-corrected chi connectivity index (χ3v) is 7.20. The fourth-order valence-electron chi connectivity index (χ4n) is 3.46. The Morgan fingerprint density at radius 1 is 1.45 bits per heavy atom. The normalized spacial score (nSPS) is 16.9. The lowest BCUT2D eigenvalue weighted by Gasteiger charge is -2.18. The maximum Gasteiger partial charge on any atom is 0.281 e. The van der Waals surface area contributed by atoms with Gasteiger partial charge in [0, 0.05) is 29.2 Å². The summed E-state index contributed by atoms with van der Waals surface area (Å²) in [5.74, 6) is -0.268. The van der Waals surface area contributed by atoms with Crippen molar-refractivity contribution in [3.63, 3.8) is 0 Å². The van der Waals surface area contributed by atoms with Crippen molar-refractivity contribution in [2.45, 2.75) is 30.7 Å². The summed E-state index contributed by atoms with van der Waals surface area (Å²) in [7, 11) is -3.97. The number of aromatic nitrogens is 2. The molecule has 1 aromatic carbocycles. The smallest absolute Gasteiger partial charge is 0.281 e. The molecule has 0 amide bonds. The van der Waals surface area contributed by atoms with E-state index < -0.39 is 10.0 Å². The molecule has 0 aliphatic heterocycles. The second kappa shape index (κ2) is 6.71. The predicted octanol–water partition coefficient (Wildman–Crippen LogP) is 2.72. The third-order valence-electron chi connectivity index (χ3n) is 4.67. The number of imidazole rings is 1. The molecule has 1 aliphatic carbocycles. The Morgan fingerprint density at radius 2 is 2.21 bits per heavy atom. The summed E-state index contributed by atoms with van der Waals surface area (Å²) in [5, 5.41) is 13.0. The molecule has 0 fully saturated rings. The number of fused-ring (bicyclic) bond motifs is 2. The number of hydrogen-bond acceptors (Lipinski definition) is 6. The van der Waals surface area contributed by atoms with Crippen LogP contribution in [0, 0.1) is 5.41 Å². The number of rotatable bonds is 4. The SMILES string of the molecule is CC1(C)C/C(=N/NC(=N)N)c2cc(NS(=O)(=O)c3c(Cl)nc4sccn34)ccc21. The van der Waals surface area contributed by atoms with Crippen molar-refractivity contribution in [1.82, 2.24) is 14.8 Å². The van der Waals surface area contributed by atoms with Gasteiger partial charge in [0.1, 0.15) is 0 Å². The van der Waals surface area contributed by atoms with E-state index in [1.54, 1.807) is 23.7 Å². The monoisotopic (exact) mass is 451 g/mol. The van der Waals surface area contributed by atoms with Gasteiger partial charge < -0.3 is 5.73 Å². The summed E-state index contributed by atoms with van der Waals surface area (Å²) in [5.41, 5.74) is 10.5. The van der Waals surface area contributed by atoms with Crippen LogP contribution in [0.25, 0.3) is 4.96 Å². The highest BCUT2D eigenvalue weighted by atomic mass is 35.5. The van der Waals surface area contributed by atoms with Crippen molar-refractivity contribution in [2.24, 2.45) is 10.8 Å². The van der Waals surface area contributed by atoms with Gasteiger partial charge >= 0.3 is 0 Å². The van der Waals surface area contributed by atoms with E-state index in [-0.39, 0.29) is 21.6 Å². The van der Waals surface area contributed by atoms with Crippen molar-refractivity contribution in [2.75, 3.05) is 4.72 Å². The van der Waals surface area contributed by atoms with Crippen LogP contribution < -0.4 is 15.9 Å². The molecule has 0 unspecified atom stereocenters. The molecule has 2 heterocycles. The Bertz CT molecular complexity index is 1270. The molecule has 1 aliphatic rings. The van der Waals surface area contributed by atoms with E-state index in [1.807, 2.05) is 6.07 Å². The van der Waals surface area contributed by atoms with Crippen LogP contribution in [0.2, 0.25) is 5.15 Å². The molecule has 9 nitrogen and oxygen atoms in total. The number of benzene rings is 1. The number of hydrazone groups is 1. The molecule has 152 valence electrons. The van der Waals surface area contributed by atoms with Gasteiger partial charge in [-0.2, -0.15) is 13.5 Å². The summed E-state index contributed by atoms with van der Waals surface area (Å²) in [6.07, 6.45) is 2.24. The number of anilines is 1. The molecule has 2 aromatic heterocycles. The Labute approximate surface area is 176 Å². The topological polar surface area (TPSA) is 138 Å². The van der Waals surface area contributed by atoms with Crippen molar-refractivity contribution in [1.29, 1.82) is 5.41 Å². The zero-order valence-electron chi connectivity index (χ0n) is 15.5. The van der Waals surface area contributed by atoms with Gasteiger partial charge in [-0.3, -0.25) is 14.5 Å². The molecule has 3 aromatic rings. The van der Waals surface area contributed by atoms with Crippen molar-refractivity contribution in [3.8, 4) is 0 Å². The van der Waals surface area contributed by atoms with E-state index >= 15 is 0 Å². The number of nitrogens with zero attached hydrogens (tertiary/aromatic N) is 3. The van der Waals surface area contributed by atoms with E-state index in [0.717, 1.165) is 11.1 Å². The van der Waals surface area contributed by atoms with E-state index in [4.69, 9.17) is 22.7 Å². The van der Waals surface area contributed by atoms with Crippen molar-refractivity contribution < 1.29 is 8.42 Å². The van der Waals surface area contributed by atoms with Crippen LogP contribution in [0.1, 0.15) is 31.4 Å². The van der Waals surface area contributed by atoms with Crippen molar-refractivity contribution in [3.05, 3.63) is 46.1 Å². The van der Waals surface area contributed by atoms with Crippen LogP contribution in [-0.2, 0) is 15.4 Å². The minimum Gasteiger partial charge on any atom is -0.369 e. The van der Waals surface area contributed by atoms with E-state index in [9.17, 15) is 8.42 Å². The molecule has 29 heavy (non-hydrogen) atoms. The minimum atomic E-state index is -3.97. The molecule has 4 rings (SSSR count).